The molecule has 1 aliphatic rings. The fraction of sp³-hybridized carbons (Fsp3) is 0.316. The summed E-state index contributed by atoms with van der Waals surface area (Å²) in [4.78, 5) is 12.6. The maximum absolute atomic E-state index is 12.5. The Morgan fingerprint density at radius 3 is 2.38 bits per heavy atom. The van der Waals surface area contributed by atoms with Gasteiger partial charge in [0.2, 0.25) is 5.91 Å². The third-order valence-electron chi connectivity index (χ3n) is 4.74. The first-order chi connectivity index (χ1) is 12.3. The highest BCUT2D eigenvalue weighted by Gasteiger charge is 2.37. The number of benzene rings is 2. The molecule has 0 heterocycles. The van der Waals surface area contributed by atoms with Gasteiger partial charge in [-0.05, 0) is 49.6 Å². The molecule has 0 aromatic heterocycles. The van der Waals surface area contributed by atoms with Crippen LogP contribution in [-0.2, 0) is 14.8 Å². The summed E-state index contributed by atoms with van der Waals surface area (Å²) in [6.07, 6.45) is 3.22. The maximum atomic E-state index is 12.5. The van der Waals surface area contributed by atoms with Crippen LogP contribution >= 0.6 is 0 Å². The summed E-state index contributed by atoms with van der Waals surface area (Å²) < 4.78 is 27.6. The van der Waals surface area contributed by atoms with Crippen LogP contribution in [0.1, 0.15) is 31.2 Å². The SMILES string of the molecule is Cc1ccc(NC(=O)C2(N)CCCC2)cc1NS(=O)(=O)c1ccccc1. The molecule has 1 amide bonds. The molecule has 2 aromatic rings. The average Bonchev–Trinajstić information content (AvgIpc) is 3.06. The van der Waals surface area contributed by atoms with E-state index >= 15 is 0 Å². The first-order valence-corrected chi connectivity index (χ1v) is 10.1. The van der Waals surface area contributed by atoms with Gasteiger partial charge in [0.15, 0.2) is 0 Å². The molecule has 0 bridgehead atoms. The van der Waals surface area contributed by atoms with Gasteiger partial charge in [0.1, 0.15) is 0 Å². The minimum Gasteiger partial charge on any atom is -0.324 e. The number of nitrogens with one attached hydrogen (secondary N) is 2. The Labute approximate surface area is 153 Å². The number of carbonyl (C=O) groups excluding carboxylic acids is 1. The summed E-state index contributed by atoms with van der Waals surface area (Å²) in [6.45, 7) is 1.80. The molecule has 7 heteroatoms. The molecule has 0 aliphatic heterocycles. The van der Waals surface area contributed by atoms with Gasteiger partial charge in [-0.25, -0.2) is 8.42 Å². The molecule has 138 valence electrons. The van der Waals surface area contributed by atoms with E-state index in [4.69, 9.17) is 5.73 Å². The first kappa shape index (κ1) is 18.4. The van der Waals surface area contributed by atoms with Gasteiger partial charge in [-0.2, -0.15) is 0 Å². The number of nitrogens with two attached hydrogens (primary N) is 1. The molecule has 0 unspecified atom stereocenters. The van der Waals surface area contributed by atoms with Crippen molar-refractivity contribution in [1.82, 2.24) is 0 Å². The maximum Gasteiger partial charge on any atom is 0.261 e. The van der Waals surface area contributed by atoms with Crippen LogP contribution in [-0.4, -0.2) is 19.9 Å². The van der Waals surface area contributed by atoms with Crippen LogP contribution in [0, 0.1) is 6.92 Å². The van der Waals surface area contributed by atoms with Crippen molar-refractivity contribution < 1.29 is 13.2 Å². The van der Waals surface area contributed by atoms with E-state index in [1.54, 1.807) is 43.3 Å². The summed E-state index contributed by atoms with van der Waals surface area (Å²) in [5, 5.41) is 2.82. The second-order valence-corrected chi connectivity index (χ2v) is 8.45. The number of amides is 1. The van der Waals surface area contributed by atoms with Crippen LogP contribution in [0.3, 0.4) is 0 Å². The van der Waals surface area contributed by atoms with E-state index < -0.39 is 15.6 Å². The van der Waals surface area contributed by atoms with E-state index in [0.29, 0.717) is 24.2 Å². The van der Waals surface area contributed by atoms with Crippen molar-refractivity contribution in [1.29, 1.82) is 0 Å². The lowest BCUT2D eigenvalue weighted by Gasteiger charge is -2.22. The highest BCUT2D eigenvalue weighted by atomic mass is 32.2. The van der Waals surface area contributed by atoms with Crippen molar-refractivity contribution in [2.75, 3.05) is 10.0 Å². The van der Waals surface area contributed by atoms with Crippen molar-refractivity contribution in [3.05, 3.63) is 54.1 Å². The summed E-state index contributed by atoms with van der Waals surface area (Å²) >= 11 is 0. The average molecular weight is 373 g/mol. The molecule has 4 N–H and O–H groups in total. The number of hydrogen-bond acceptors (Lipinski definition) is 4. The summed E-state index contributed by atoms with van der Waals surface area (Å²) in [6, 6.07) is 13.3. The van der Waals surface area contributed by atoms with E-state index in [2.05, 4.69) is 10.0 Å². The monoisotopic (exact) mass is 373 g/mol. The standard InChI is InChI=1S/C19H23N3O3S/c1-14-9-10-15(21-18(23)19(20)11-5-6-12-19)13-17(14)22-26(24,25)16-7-3-2-4-8-16/h2-4,7-10,13,22H,5-6,11-12,20H2,1H3,(H,21,23). The lowest BCUT2D eigenvalue weighted by molar-refractivity contribution is -0.121. The van der Waals surface area contributed by atoms with E-state index in [1.165, 1.54) is 12.1 Å². The molecule has 6 nitrogen and oxygen atoms in total. The number of sulfonamides is 1. The molecule has 3 rings (SSSR count). The lowest BCUT2D eigenvalue weighted by atomic mass is 9.98. The molecule has 1 saturated carbocycles. The predicted octanol–water partition coefficient (Wildman–Crippen LogP) is 3.01. The Balaban J connectivity index is 1.81. The van der Waals surface area contributed by atoms with Gasteiger partial charge in [0.05, 0.1) is 16.1 Å². The number of aryl methyl sites for hydroxylation is 1. The van der Waals surface area contributed by atoms with Crippen molar-refractivity contribution in [2.24, 2.45) is 5.73 Å². The molecule has 1 aliphatic carbocycles. The topological polar surface area (TPSA) is 101 Å². The van der Waals surface area contributed by atoms with Crippen LogP contribution < -0.4 is 15.8 Å². The Kier molecular flexibility index (Phi) is 5.02. The zero-order chi connectivity index (χ0) is 18.8. The minimum atomic E-state index is -3.70. The number of anilines is 2. The van der Waals surface area contributed by atoms with E-state index in [9.17, 15) is 13.2 Å². The van der Waals surface area contributed by atoms with Crippen molar-refractivity contribution in [3.8, 4) is 0 Å². The third-order valence-corrected chi connectivity index (χ3v) is 6.12. The van der Waals surface area contributed by atoms with Gasteiger partial charge in [-0.1, -0.05) is 37.1 Å². The Morgan fingerprint density at radius 1 is 1.08 bits per heavy atom. The summed E-state index contributed by atoms with van der Waals surface area (Å²) in [5.74, 6) is -0.226. The summed E-state index contributed by atoms with van der Waals surface area (Å²) in [7, 11) is -3.70. The fourth-order valence-corrected chi connectivity index (χ4v) is 4.24. The number of rotatable bonds is 5. The molecule has 0 atom stereocenters. The molecule has 0 spiro atoms. The van der Waals surface area contributed by atoms with Gasteiger partial charge in [-0.3, -0.25) is 9.52 Å². The van der Waals surface area contributed by atoms with Crippen molar-refractivity contribution >= 4 is 27.3 Å². The van der Waals surface area contributed by atoms with Gasteiger partial charge < -0.3 is 11.1 Å². The minimum absolute atomic E-state index is 0.181. The van der Waals surface area contributed by atoms with Gasteiger partial charge >= 0.3 is 0 Å². The molecule has 0 saturated heterocycles. The van der Waals surface area contributed by atoms with Gasteiger partial charge in [0, 0.05) is 5.69 Å². The Morgan fingerprint density at radius 2 is 1.73 bits per heavy atom. The van der Waals surface area contributed by atoms with E-state index in [-0.39, 0.29) is 10.8 Å². The van der Waals surface area contributed by atoms with Crippen molar-refractivity contribution in [3.63, 3.8) is 0 Å². The second kappa shape index (κ2) is 7.09. The van der Waals surface area contributed by atoms with Crippen LogP contribution in [0.25, 0.3) is 0 Å². The predicted molar refractivity (Wildman–Crippen MR) is 102 cm³/mol. The third kappa shape index (κ3) is 3.89. The fourth-order valence-electron chi connectivity index (χ4n) is 3.10. The lowest BCUT2D eigenvalue weighted by Crippen LogP contribution is -2.48. The molecule has 0 radical (unpaired) electrons. The van der Waals surface area contributed by atoms with E-state index in [0.717, 1.165) is 18.4 Å². The van der Waals surface area contributed by atoms with Gasteiger partial charge in [0.25, 0.3) is 10.0 Å². The largest absolute Gasteiger partial charge is 0.324 e. The first-order valence-electron chi connectivity index (χ1n) is 8.59. The van der Waals surface area contributed by atoms with Crippen LogP contribution in [0.4, 0.5) is 11.4 Å². The molecule has 26 heavy (non-hydrogen) atoms. The van der Waals surface area contributed by atoms with E-state index in [1.807, 2.05) is 0 Å². The smallest absolute Gasteiger partial charge is 0.261 e. The van der Waals surface area contributed by atoms with Crippen LogP contribution in [0.2, 0.25) is 0 Å². The number of hydrogen-bond donors (Lipinski definition) is 3. The quantitative estimate of drug-likeness (QED) is 0.750. The van der Waals surface area contributed by atoms with Crippen LogP contribution in [0.5, 0.6) is 0 Å². The van der Waals surface area contributed by atoms with Crippen molar-refractivity contribution in [2.45, 2.75) is 43.0 Å². The molecule has 2 aromatic carbocycles. The van der Waals surface area contributed by atoms with Gasteiger partial charge in [-0.15, -0.1) is 0 Å². The summed E-state index contributed by atoms with van der Waals surface area (Å²) in [5.41, 5.74) is 7.03. The zero-order valence-electron chi connectivity index (χ0n) is 14.7. The van der Waals surface area contributed by atoms with Crippen LogP contribution in [0.15, 0.2) is 53.4 Å². The Bertz CT molecular complexity index is 905. The highest BCUT2D eigenvalue weighted by Crippen LogP contribution is 2.29. The molecular weight excluding hydrogens is 350 g/mol. The highest BCUT2D eigenvalue weighted by molar-refractivity contribution is 7.92. The molecule has 1 fully saturated rings. The zero-order valence-corrected chi connectivity index (χ0v) is 15.5. The normalized spacial score (nSPS) is 16.2. The second-order valence-electron chi connectivity index (χ2n) is 6.77. The molecular formula is C19H23N3O3S. The Hall–Kier alpha value is -2.38. The number of carbonyl (C=O) groups is 1.